The molecule has 0 spiro atoms. The molecule has 6 nitrogen and oxygen atoms in total. The Morgan fingerprint density at radius 3 is 2.57 bits per heavy atom. The smallest absolute Gasteiger partial charge is 0.363 e. The van der Waals surface area contributed by atoms with E-state index in [-0.39, 0.29) is 12.4 Å². The highest BCUT2D eigenvalue weighted by atomic mass is 35.5. The van der Waals surface area contributed by atoms with E-state index in [0.29, 0.717) is 24.8 Å². The van der Waals surface area contributed by atoms with Crippen LogP contribution in [0.3, 0.4) is 0 Å². The number of aryl methyl sites for hydroxylation is 1. The monoisotopic (exact) mass is 220 g/mol. The first-order chi connectivity index (χ1) is 6.29. The molecule has 1 aliphatic rings. The predicted molar refractivity (Wildman–Crippen MR) is 44.6 cm³/mol. The molecule has 14 heavy (non-hydrogen) atoms. The molecule has 80 valence electrons. The van der Waals surface area contributed by atoms with E-state index in [1.54, 1.807) is 11.7 Å². The van der Waals surface area contributed by atoms with E-state index in [1.807, 2.05) is 5.01 Å². The minimum Gasteiger partial charge on any atom is -1.00 e. The number of anilines is 1. The minimum atomic E-state index is 0. The second kappa shape index (κ2) is 4.47. The van der Waals surface area contributed by atoms with Crippen LogP contribution in [-0.2, 0) is 4.74 Å². The van der Waals surface area contributed by atoms with Crippen molar-refractivity contribution in [3.8, 4) is 0 Å². The van der Waals surface area contributed by atoms with Crippen molar-refractivity contribution >= 4 is 5.82 Å². The molecule has 2 heterocycles. The standard InChI is InChI=1S/C7H13N4O2.ClH/c1-6-7(8)11(9-13-6)10-2-4-12-5-3-10;/h2-5,8H2,1H3;1H/q+1;/p-1. The van der Waals surface area contributed by atoms with Gasteiger partial charge in [0.15, 0.2) is 0 Å². The van der Waals surface area contributed by atoms with E-state index in [1.165, 1.54) is 0 Å². The zero-order valence-corrected chi connectivity index (χ0v) is 8.70. The Labute approximate surface area is 88.0 Å². The average Bonchev–Trinajstić information content (AvgIpc) is 2.49. The van der Waals surface area contributed by atoms with Crippen LogP contribution in [0.5, 0.6) is 0 Å². The first kappa shape index (κ1) is 11.1. The lowest BCUT2D eigenvalue weighted by Crippen LogP contribution is -3.00. The number of ether oxygens (including phenoxy) is 1. The minimum absolute atomic E-state index is 0. The molecule has 7 heteroatoms. The first-order valence-corrected chi connectivity index (χ1v) is 4.26. The second-order valence-electron chi connectivity index (χ2n) is 2.97. The Bertz CT molecular complexity index is 298. The Morgan fingerprint density at radius 2 is 2.07 bits per heavy atom. The van der Waals surface area contributed by atoms with Gasteiger partial charge in [0.1, 0.15) is 5.27 Å². The van der Waals surface area contributed by atoms with Gasteiger partial charge in [-0.05, 0) is 0 Å². The maximum absolute atomic E-state index is 5.76. The maximum atomic E-state index is 5.76. The summed E-state index contributed by atoms with van der Waals surface area (Å²) in [5.74, 6) is 1.20. The Morgan fingerprint density at radius 1 is 1.43 bits per heavy atom. The molecule has 1 aliphatic heterocycles. The number of morpholine rings is 1. The molecular weight excluding hydrogens is 208 g/mol. The molecule has 1 aromatic rings. The fourth-order valence-corrected chi connectivity index (χ4v) is 1.28. The number of rotatable bonds is 1. The molecule has 0 bridgehead atoms. The Hall–Kier alpha value is -1.01. The van der Waals surface area contributed by atoms with Crippen LogP contribution in [0.4, 0.5) is 5.82 Å². The normalized spacial score (nSPS) is 16.5. The predicted octanol–water partition coefficient (Wildman–Crippen LogP) is -4.18. The third-order valence-corrected chi connectivity index (χ3v) is 2.09. The molecule has 2 N–H and O–H groups in total. The molecule has 0 amide bonds. The van der Waals surface area contributed by atoms with Crippen LogP contribution in [0, 0.1) is 6.92 Å². The molecule has 0 aromatic carbocycles. The van der Waals surface area contributed by atoms with Gasteiger partial charge in [0.25, 0.3) is 0 Å². The summed E-state index contributed by atoms with van der Waals surface area (Å²) in [7, 11) is 0. The fourth-order valence-electron chi connectivity index (χ4n) is 1.28. The molecule has 1 aromatic heterocycles. The summed E-state index contributed by atoms with van der Waals surface area (Å²) in [6, 6.07) is 0. The van der Waals surface area contributed by atoms with Crippen LogP contribution in [0.1, 0.15) is 5.76 Å². The number of aromatic nitrogens is 2. The lowest BCUT2D eigenvalue weighted by molar-refractivity contribution is -0.747. The summed E-state index contributed by atoms with van der Waals surface area (Å²) in [5, 5.41) is 5.82. The SMILES string of the molecule is Cc1on[n+](N2CCOCC2)c1N.[Cl-]. The molecule has 0 saturated carbocycles. The van der Waals surface area contributed by atoms with Crippen LogP contribution in [0.25, 0.3) is 0 Å². The van der Waals surface area contributed by atoms with Gasteiger partial charge in [0, 0.05) is 11.7 Å². The van der Waals surface area contributed by atoms with Crippen molar-refractivity contribution < 1.29 is 26.5 Å². The zero-order chi connectivity index (χ0) is 9.26. The fraction of sp³-hybridized carbons (Fsp3) is 0.714. The second-order valence-corrected chi connectivity index (χ2v) is 2.97. The van der Waals surface area contributed by atoms with Gasteiger partial charge in [0.2, 0.25) is 5.76 Å². The summed E-state index contributed by atoms with van der Waals surface area (Å²) in [6.45, 7) is 4.79. The van der Waals surface area contributed by atoms with E-state index in [2.05, 4.69) is 5.27 Å². The molecule has 0 atom stereocenters. The van der Waals surface area contributed by atoms with Gasteiger partial charge in [-0.25, -0.2) is 5.01 Å². The summed E-state index contributed by atoms with van der Waals surface area (Å²) in [5.41, 5.74) is 5.76. The van der Waals surface area contributed by atoms with Crippen molar-refractivity contribution in [2.24, 2.45) is 0 Å². The van der Waals surface area contributed by atoms with Crippen molar-refractivity contribution in [3.63, 3.8) is 0 Å². The summed E-state index contributed by atoms with van der Waals surface area (Å²) >= 11 is 0. The number of hydrogen-bond acceptors (Lipinski definition) is 5. The quantitative estimate of drug-likeness (QED) is 0.487. The van der Waals surface area contributed by atoms with Crippen molar-refractivity contribution in [3.05, 3.63) is 5.76 Å². The van der Waals surface area contributed by atoms with Gasteiger partial charge in [-0.1, -0.05) is 0 Å². The van der Waals surface area contributed by atoms with Crippen molar-refractivity contribution in [2.75, 3.05) is 37.0 Å². The average molecular weight is 221 g/mol. The Kier molecular flexibility index (Phi) is 3.54. The van der Waals surface area contributed by atoms with Gasteiger partial charge in [-0.3, -0.25) is 5.73 Å². The highest BCUT2D eigenvalue weighted by Crippen LogP contribution is 2.02. The first-order valence-electron chi connectivity index (χ1n) is 4.26. The molecule has 1 fully saturated rings. The Balaban J connectivity index is 0.000000980. The lowest BCUT2D eigenvalue weighted by Gasteiger charge is -2.22. The van der Waals surface area contributed by atoms with E-state index in [9.17, 15) is 0 Å². The van der Waals surface area contributed by atoms with Crippen molar-refractivity contribution in [1.82, 2.24) is 5.27 Å². The highest BCUT2D eigenvalue weighted by molar-refractivity contribution is 5.22. The van der Waals surface area contributed by atoms with E-state index in [0.717, 1.165) is 13.1 Å². The topological polar surface area (TPSA) is 68.4 Å². The van der Waals surface area contributed by atoms with Crippen molar-refractivity contribution in [1.29, 1.82) is 0 Å². The lowest BCUT2D eigenvalue weighted by atomic mass is 10.5. The van der Waals surface area contributed by atoms with E-state index in [4.69, 9.17) is 15.0 Å². The summed E-state index contributed by atoms with van der Waals surface area (Å²) in [4.78, 5) is 1.60. The number of halogens is 1. The van der Waals surface area contributed by atoms with E-state index >= 15 is 0 Å². The molecular formula is C7H13ClN4O2. The zero-order valence-electron chi connectivity index (χ0n) is 7.94. The van der Waals surface area contributed by atoms with Gasteiger partial charge >= 0.3 is 5.82 Å². The molecule has 0 aliphatic carbocycles. The van der Waals surface area contributed by atoms with Crippen molar-refractivity contribution in [2.45, 2.75) is 6.92 Å². The van der Waals surface area contributed by atoms with Crippen LogP contribution in [0.15, 0.2) is 4.52 Å². The molecule has 0 radical (unpaired) electrons. The highest BCUT2D eigenvalue weighted by Gasteiger charge is 2.23. The van der Waals surface area contributed by atoms with Gasteiger partial charge in [-0.15, -0.1) is 0 Å². The van der Waals surface area contributed by atoms with Gasteiger partial charge in [0.05, 0.1) is 26.3 Å². The number of nitrogens with two attached hydrogens (primary N) is 1. The molecule has 1 saturated heterocycles. The number of nitrogens with zero attached hydrogens (tertiary/aromatic N) is 3. The largest absolute Gasteiger partial charge is 1.00 e. The number of nitrogen functional groups attached to an aromatic ring is 1. The van der Waals surface area contributed by atoms with Crippen LogP contribution in [0.2, 0.25) is 0 Å². The van der Waals surface area contributed by atoms with Gasteiger partial charge < -0.3 is 21.7 Å². The summed E-state index contributed by atoms with van der Waals surface area (Å²) in [6.07, 6.45) is 0. The van der Waals surface area contributed by atoms with E-state index < -0.39 is 0 Å². The molecule has 2 rings (SSSR count). The van der Waals surface area contributed by atoms with Crippen LogP contribution < -0.4 is 27.9 Å². The van der Waals surface area contributed by atoms with Gasteiger partial charge in [-0.2, -0.15) is 0 Å². The maximum Gasteiger partial charge on any atom is 0.363 e. The third kappa shape index (κ3) is 1.91. The van der Waals surface area contributed by atoms with Crippen LogP contribution in [-0.4, -0.2) is 31.6 Å². The number of hydrogen-bond donors (Lipinski definition) is 1. The van der Waals surface area contributed by atoms with Crippen LogP contribution >= 0.6 is 0 Å². The molecule has 0 unspecified atom stereocenters. The summed E-state index contributed by atoms with van der Waals surface area (Å²) < 4.78 is 10.2. The third-order valence-electron chi connectivity index (χ3n) is 2.09.